The van der Waals surface area contributed by atoms with Gasteiger partial charge in [-0.2, -0.15) is 0 Å². The smallest absolute Gasteiger partial charge is 0.106 e. The van der Waals surface area contributed by atoms with Crippen LogP contribution in [0.5, 0.6) is 0 Å². The topological polar surface area (TPSA) is 52.1 Å². The number of carbonyl (C=O) groups is 1. The fourth-order valence-electron chi connectivity index (χ4n) is 0.385. The number of carbonyl (C=O) groups excluding carboxylic acids is 1. The highest BCUT2D eigenvalue weighted by Crippen LogP contribution is 1.79. The molecule has 1 aromatic carbocycles. The average Bonchev–Trinajstić information content (AvgIpc) is 1.96. The molecular weight excluding hydrogens is 114 g/mol. The largest absolute Gasteiger partial charge is 0.344 e. The van der Waals surface area contributed by atoms with E-state index in [0.29, 0.717) is 0 Å². The van der Waals surface area contributed by atoms with Crippen molar-refractivity contribution in [1.29, 1.82) is 0 Å². The molecule has 0 aliphatic carbocycles. The zero-order valence-electron chi connectivity index (χ0n) is 5.29. The minimum absolute atomic E-state index is 0. The van der Waals surface area contributed by atoms with Crippen molar-refractivity contribution in [3.8, 4) is 0 Å². The van der Waals surface area contributed by atoms with Crippen LogP contribution in [0, 0.1) is 0 Å². The van der Waals surface area contributed by atoms with E-state index in [-0.39, 0.29) is 6.15 Å². The lowest BCUT2D eigenvalue weighted by Crippen LogP contribution is -1.47. The second-order valence-corrected chi connectivity index (χ2v) is 1.15. The van der Waals surface area contributed by atoms with E-state index in [1.54, 1.807) is 0 Å². The Morgan fingerprint density at radius 3 is 0.889 bits per heavy atom. The molecule has 0 aliphatic heterocycles. The van der Waals surface area contributed by atoms with Crippen molar-refractivity contribution in [2.45, 2.75) is 0 Å². The predicted octanol–water partition coefficient (Wildman–Crippen LogP) is 1.66. The van der Waals surface area contributed by atoms with Crippen molar-refractivity contribution in [2.75, 3.05) is 0 Å². The molecule has 50 valence electrons. The monoisotopic (exact) mass is 125 g/mol. The van der Waals surface area contributed by atoms with Crippen LogP contribution in [-0.4, -0.2) is 6.79 Å². The van der Waals surface area contributed by atoms with E-state index < -0.39 is 0 Å². The van der Waals surface area contributed by atoms with Crippen LogP contribution in [0.25, 0.3) is 0 Å². The Balaban J connectivity index is 0. The first kappa shape index (κ1) is 10.8. The van der Waals surface area contributed by atoms with Gasteiger partial charge in [-0.25, -0.2) is 0 Å². The number of rotatable bonds is 0. The van der Waals surface area contributed by atoms with Gasteiger partial charge in [-0.3, -0.25) is 0 Å². The molecule has 0 heterocycles. The average molecular weight is 125 g/mol. The maximum absolute atomic E-state index is 8.00. The Hall–Kier alpha value is -1.15. The molecule has 0 aliphatic rings. The van der Waals surface area contributed by atoms with Gasteiger partial charge in [0.2, 0.25) is 0 Å². The maximum Gasteiger partial charge on any atom is 0.106 e. The zero-order valence-corrected chi connectivity index (χ0v) is 5.29. The molecule has 1 aromatic rings. The predicted molar refractivity (Wildman–Crippen MR) is 38.6 cm³/mol. The van der Waals surface area contributed by atoms with Crippen LogP contribution in [0.3, 0.4) is 0 Å². The Bertz CT molecular complexity index is 91.8. The molecule has 0 saturated heterocycles. The van der Waals surface area contributed by atoms with Gasteiger partial charge < -0.3 is 10.9 Å². The first-order chi connectivity index (χ1) is 4.00. The maximum atomic E-state index is 8.00. The van der Waals surface area contributed by atoms with E-state index in [1.165, 1.54) is 0 Å². The van der Waals surface area contributed by atoms with Gasteiger partial charge >= 0.3 is 0 Å². The molecule has 1 rings (SSSR count). The van der Waals surface area contributed by atoms with Gasteiger partial charge in [0.1, 0.15) is 6.79 Å². The Morgan fingerprint density at radius 1 is 0.667 bits per heavy atom. The Morgan fingerprint density at radius 2 is 0.778 bits per heavy atom. The summed E-state index contributed by atoms with van der Waals surface area (Å²) in [7, 11) is 0. The lowest BCUT2D eigenvalue weighted by atomic mass is 10.4. The van der Waals surface area contributed by atoms with Crippen molar-refractivity contribution >= 4 is 6.79 Å². The molecular formula is C7H11NO. The van der Waals surface area contributed by atoms with E-state index >= 15 is 0 Å². The van der Waals surface area contributed by atoms with E-state index in [0.717, 1.165) is 0 Å². The van der Waals surface area contributed by atoms with Crippen LogP contribution >= 0.6 is 0 Å². The van der Waals surface area contributed by atoms with Gasteiger partial charge in [-0.15, -0.1) is 0 Å². The van der Waals surface area contributed by atoms with Gasteiger partial charge in [0.25, 0.3) is 0 Å². The Labute approximate surface area is 55.1 Å². The minimum atomic E-state index is 0. The summed E-state index contributed by atoms with van der Waals surface area (Å²) in [5.74, 6) is 0. The second-order valence-electron chi connectivity index (χ2n) is 1.15. The summed E-state index contributed by atoms with van der Waals surface area (Å²) in [5.41, 5.74) is 0. The molecule has 3 N–H and O–H groups in total. The van der Waals surface area contributed by atoms with E-state index in [4.69, 9.17) is 4.79 Å². The van der Waals surface area contributed by atoms with Crippen molar-refractivity contribution in [3.63, 3.8) is 0 Å². The second kappa shape index (κ2) is 9.97. The third kappa shape index (κ3) is 6.85. The molecule has 0 amide bonds. The summed E-state index contributed by atoms with van der Waals surface area (Å²) in [4.78, 5) is 8.00. The van der Waals surface area contributed by atoms with Crippen LogP contribution in [0.4, 0.5) is 0 Å². The number of hydrogen-bond donors (Lipinski definition) is 1. The van der Waals surface area contributed by atoms with Gasteiger partial charge in [0, 0.05) is 0 Å². The highest BCUT2D eigenvalue weighted by Gasteiger charge is 1.57. The molecule has 0 saturated carbocycles. The van der Waals surface area contributed by atoms with Crippen LogP contribution < -0.4 is 6.15 Å². The van der Waals surface area contributed by atoms with E-state index in [9.17, 15) is 0 Å². The fraction of sp³-hybridized carbons (Fsp3) is 0. The first-order valence-corrected chi connectivity index (χ1v) is 2.29. The highest BCUT2D eigenvalue weighted by molar-refractivity contribution is 5.11. The zero-order chi connectivity index (χ0) is 6.24. The molecule has 0 atom stereocenters. The molecule has 0 radical (unpaired) electrons. The van der Waals surface area contributed by atoms with Gasteiger partial charge in [-0.1, -0.05) is 36.4 Å². The molecule has 0 unspecified atom stereocenters. The quantitative estimate of drug-likeness (QED) is 0.573. The fourth-order valence-corrected chi connectivity index (χ4v) is 0.385. The SMILES string of the molecule is C=O.N.c1ccccc1. The summed E-state index contributed by atoms with van der Waals surface area (Å²) in [5, 5.41) is 0. The Kier molecular flexibility index (Phi) is 11.9. The van der Waals surface area contributed by atoms with Crippen molar-refractivity contribution in [2.24, 2.45) is 0 Å². The lowest BCUT2D eigenvalue weighted by Gasteiger charge is -1.69. The summed E-state index contributed by atoms with van der Waals surface area (Å²) < 4.78 is 0. The lowest BCUT2D eigenvalue weighted by molar-refractivity contribution is -0.0979. The van der Waals surface area contributed by atoms with E-state index in [1.807, 2.05) is 43.2 Å². The summed E-state index contributed by atoms with van der Waals surface area (Å²) in [6.45, 7) is 2.00. The van der Waals surface area contributed by atoms with Crippen molar-refractivity contribution < 1.29 is 4.79 Å². The molecule has 0 aromatic heterocycles. The van der Waals surface area contributed by atoms with Crippen LogP contribution in [0.15, 0.2) is 36.4 Å². The number of hydrogen-bond acceptors (Lipinski definition) is 2. The normalized spacial score (nSPS) is 5.78. The van der Waals surface area contributed by atoms with Gasteiger partial charge in [0.05, 0.1) is 0 Å². The first-order valence-electron chi connectivity index (χ1n) is 2.29. The molecule has 2 heteroatoms. The third-order valence-corrected chi connectivity index (χ3v) is 0.667. The van der Waals surface area contributed by atoms with Gasteiger partial charge in [0.15, 0.2) is 0 Å². The van der Waals surface area contributed by atoms with E-state index in [2.05, 4.69) is 0 Å². The van der Waals surface area contributed by atoms with Crippen LogP contribution in [0.1, 0.15) is 0 Å². The molecule has 0 bridgehead atoms. The van der Waals surface area contributed by atoms with Crippen molar-refractivity contribution in [3.05, 3.63) is 36.4 Å². The van der Waals surface area contributed by atoms with Crippen LogP contribution in [-0.2, 0) is 4.79 Å². The summed E-state index contributed by atoms with van der Waals surface area (Å²) in [6, 6.07) is 12.0. The molecule has 0 spiro atoms. The standard InChI is InChI=1S/C6H6.CH2O.H3N/c1-2-4-6-5-3-1;1-2;/h1-6H;1H2;1H3. The van der Waals surface area contributed by atoms with Crippen LogP contribution in [0.2, 0.25) is 0 Å². The third-order valence-electron chi connectivity index (χ3n) is 0.667. The summed E-state index contributed by atoms with van der Waals surface area (Å²) >= 11 is 0. The van der Waals surface area contributed by atoms with Crippen molar-refractivity contribution in [1.82, 2.24) is 6.15 Å². The number of benzene rings is 1. The minimum Gasteiger partial charge on any atom is -0.344 e. The molecule has 9 heavy (non-hydrogen) atoms. The van der Waals surface area contributed by atoms with Gasteiger partial charge in [-0.05, 0) is 0 Å². The molecule has 2 nitrogen and oxygen atoms in total. The molecule has 0 fully saturated rings. The summed E-state index contributed by atoms with van der Waals surface area (Å²) in [6.07, 6.45) is 0. The highest BCUT2D eigenvalue weighted by atomic mass is 16.1.